The molecule has 1 aromatic rings. The topological polar surface area (TPSA) is 77.8 Å². The number of amides is 1. The van der Waals surface area contributed by atoms with Crippen molar-refractivity contribution in [2.24, 2.45) is 5.92 Å². The molecular weight excluding hydrogens is 246 g/mol. The van der Waals surface area contributed by atoms with E-state index in [4.69, 9.17) is 5.11 Å². The molecule has 0 aromatic heterocycles. The molecular formula is C14H19NO4. The minimum absolute atomic E-state index is 0.0177. The molecule has 0 spiro atoms. The predicted octanol–water partition coefficient (Wildman–Crippen LogP) is 1.85. The first-order valence-corrected chi connectivity index (χ1v) is 6.12. The number of carboxylic acids is 1. The van der Waals surface area contributed by atoms with Crippen LogP contribution < -0.4 is 0 Å². The van der Waals surface area contributed by atoms with Crippen molar-refractivity contribution in [3.05, 3.63) is 29.8 Å². The van der Waals surface area contributed by atoms with Gasteiger partial charge >= 0.3 is 5.97 Å². The lowest BCUT2D eigenvalue weighted by Crippen LogP contribution is -2.28. The number of para-hydroxylation sites is 1. The van der Waals surface area contributed by atoms with Crippen molar-refractivity contribution in [2.45, 2.75) is 26.3 Å². The van der Waals surface area contributed by atoms with Gasteiger partial charge in [-0.15, -0.1) is 0 Å². The van der Waals surface area contributed by atoms with Crippen LogP contribution in [0.5, 0.6) is 5.75 Å². The maximum Gasteiger partial charge on any atom is 0.303 e. The van der Waals surface area contributed by atoms with Gasteiger partial charge < -0.3 is 15.1 Å². The van der Waals surface area contributed by atoms with Gasteiger partial charge in [-0.05, 0) is 12.0 Å². The number of benzene rings is 1. The minimum atomic E-state index is -0.899. The van der Waals surface area contributed by atoms with Crippen LogP contribution in [0.25, 0.3) is 0 Å². The van der Waals surface area contributed by atoms with E-state index in [9.17, 15) is 14.7 Å². The van der Waals surface area contributed by atoms with Crippen LogP contribution in [0.15, 0.2) is 24.3 Å². The third-order valence-electron chi connectivity index (χ3n) is 2.87. The van der Waals surface area contributed by atoms with Crippen LogP contribution >= 0.6 is 0 Å². The number of aliphatic carboxylic acids is 1. The fourth-order valence-corrected chi connectivity index (χ4v) is 1.81. The highest BCUT2D eigenvalue weighted by atomic mass is 16.4. The molecule has 1 aromatic carbocycles. The maximum absolute atomic E-state index is 11.9. The molecule has 0 saturated carbocycles. The smallest absolute Gasteiger partial charge is 0.303 e. The molecule has 5 nitrogen and oxygen atoms in total. The SMILES string of the molecule is CC(CC(=O)O)CC(=O)N(C)Cc1ccccc1O. The molecule has 0 bridgehead atoms. The second-order valence-corrected chi connectivity index (χ2v) is 4.79. The van der Waals surface area contributed by atoms with Gasteiger partial charge in [-0.2, -0.15) is 0 Å². The van der Waals surface area contributed by atoms with Crippen LogP contribution in [0.2, 0.25) is 0 Å². The third kappa shape index (κ3) is 4.99. The molecule has 0 fully saturated rings. The van der Waals surface area contributed by atoms with Gasteiger partial charge in [0.25, 0.3) is 0 Å². The van der Waals surface area contributed by atoms with Gasteiger partial charge in [-0.3, -0.25) is 9.59 Å². The van der Waals surface area contributed by atoms with E-state index in [-0.39, 0.29) is 30.4 Å². The molecule has 0 aliphatic carbocycles. The second-order valence-electron chi connectivity index (χ2n) is 4.79. The highest BCUT2D eigenvalue weighted by Gasteiger charge is 2.16. The third-order valence-corrected chi connectivity index (χ3v) is 2.87. The number of rotatable bonds is 6. The van der Waals surface area contributed by atoms with E-state index in [1.807, 2.05) is 0 Å². The Morgan fingerprint density at radius 3 is 2.47 bits per heavy atom. The number of hydrogen-bond acceptors (Lipinski definition) is 3. The first kappa shape index (κ1) is 15.0. The average molecular weight is 265 g/mol. The number of phenolic OH excluding ortho intramolecular Hbond substituents is 1. The molecule has 0 aliphatic rings. The molecule has 0 saturated heterocycles. The van der Waals surface area contributed by atoms with Gasteiger partial charge in [0.15, 0.2) is 0 Å². The average Bonchev–Trinajstić information content (AvgIpc) is 2.30. The summed E-state index contributed by atoms with van der Waals surface area (Å²) in [5, 5.41) is 18.3. The van der Waals surface area contributed by atoms with Crippen molar-refractivity contribution >= 4 is 11.9 Å². The number of aromatic hydroxyl groups is 1. The lowest BCUT2D eigenvalue weighted by atomic mass is 10.0. The van der Waals surface area contributed by atoms with Crippen molar-refractivity contribution in [3.8, 4) is 5.75 Å². The van der Waals surface area contributed by atoms with Gasteiger partial charge in [-0.25, -0.2) is 0 Å². The Bertz CT molecular complexity index is 459. The summed E-state index contributed by atoms with van der Waals surface area (Å²) in [6.07, 6.45) is 0.173. The monoisotopic (exact) mass is 265 g/mol. The normalized spacial score (nSPS) is 11.9. The number of carbonyl (C=O) groups excluding carboxylic acids is 1. The lowest BCUT2D eigenvalue weighted by molar-refractivity contribution is -0.138. The molecule has 19 heavy (non-hydrogen) atoms. The Morgan fingerprint density at radius 1 is 1.26 bits per heavy atom. The Labute approximate surface area is 112 Å². The minimum Gasteiger partial charge on any atom is -0.508 e. The first-order chi connectivity index (χ1) is 8.90. The zero-order chi connectivity index (χ0) is 14.4. The second kappa shape index (κ2) is 6.78. The van der Waals surface area contributed by atoms with E-state index in [0.717, 1.165) is 0 Å². The first-order valence-electron chi connectivity index (χ1n) is 6.12. The Balaban J connectivity index is 2.54. The molecule has 5 heteroatoms. The number of phenols is 1. The molecule has 0 radical (unpaired) electrons. The van der Waals surface area contributed by atoms with Crippen molar-refractivity contribution in [1.82, 2.24) is 4.90 Å². The largest absolute Gasteiger partial charge is 0.508 e. The van der Waals surface area contributed by atoms with Gasteiger partial charge in [0.05, 0.1) is 0 Å². The van der Waals surface area contributed by atoms with Gasteiger partial charge in [-0.1, -0.05) is 25.1 Å². The Morgan fingerprint density at radius 2 is 1.89 bits per heavy atom. The van der Waals surface area contributed by atoms with Crippen LogP contribution in [-0.2, 0) is 16.1 Å². The highest BCUT2D eigenvalue weighted by Crippen LogP contribution is 2.18. The summed E-state index contributed by atoms with van der Waals surface area (Å²) >= 11 is 0. The Hall–Kier alpha value is -2.04. The summed E-state index contributed by atoms with van der Waals surface area (Å²) < 4.78 is 0. The van der Waals surface area contributed by atoms with E-state index in [1.54, 1.807) is 38.2 Å². The highest BCUT2D eigenvalue weighted by molar-refractivity contribution is 5.77. The number of carbonyl (C=O) groups is 2. The zero-order valence-corrected chi connectivity index (χ0v) is 11.2. The molecule has 1 rings (SSSR count). The summed E-state index contributed by atoms with van der Waals surface area (Å²) in [6.45, 7) is 2.05. The molecule has 0 heterocycles. The van der Waals surface area contributed by atoms with Gasteiger partial charge in [0, 0.05) is 32.0 Å². The van der Waals surface area contributed by atoms with Crippen molar-refractivity contribution in [1.29, 1.82) is 0 Å². The summed E-state index contributed by atoms with van der Waals surface area (Å²) in [4.78, 5) is 23.9. The number of nitrogens with zero attached hydrogens (tertiary/aromatic N) is 1. The van der Waals surface area contributed by atoms with Crippen LogP contribution in [-0.4, -0.2) is 34.0 Å². The van der Waals surface area contributed by atoms with E-state index in [1.165, 1.54) is 4.90 Å². The quantitative estimate of drug-likeness (QED) is 0.822. The molecule has 104 valence electrons. The maximum atomic E-state index is 11.9. The van der Waals surface area contributed by atoms with Crippen LogP contribution in [0.1, 0.15) is 25.3 Å². The van der Waals surface area contributed by atoms with Crippen LogP contribution in [0.3, 0.4) is 0 Å². The fraction of sp³-hybridized carbons (Fsp3) is 0.429. The van der Waals surface area contributed by atoms with E-state index in [2.05, 4.69) is 0 Å². The van der Waals surface area contributed by atoms with Crippen molar-refractivity contribution < 1.29 is 19.8 Å². The molecule has 2 N–H and O–H groups in total. The standard InChI is InChI=1S/C14H19NO4/c1-10(8-14(18)19)7-13(17)15(2)9-11-5-3-4-6-12(11)16/h3-6,10,16H,7-9H2,1-2H3,(H,18,19). The van der Waals surface area contributed by atoms with Crippen LogP contribution in [0, 0.1) is 5.92 Å². The summed E-state index contributed by atoms with van der Waals surface area (Å²) in [7, 11) is 1.64. The van der Waals surface area contributed by atoms with Gasteiger partial charge in [0.2, 0.25) is 5.91 Å². The van der Waals surface area contributed by atoms with Crippen molar-refractivity contribution in [2.75, 3.05) is 7.05 Å². The Kier molecular flexibility index (Phi) is 5.36. The fourth-order valence-electron chi connectivity index (χ4n) is 1.81. The summed E-state index contributed by atoms with van der Waals surface area (Å²) in [6, 6.07) is 6.83. The van der Waals surface area contributed by atoms with Crippen molar-refractivity contribution in [3.63, 3.8) is 0 Å². The number of hydrogen-bond donors (Lipinski definition) is 2. The summed E-state index contributed by atoms with van der Waals surface area (Å²) in [5.74, 6) is -1.07. The lowest BCUT2D eigenvalue weighted by Gasteiger charge is -2.19. The zero-order valence-electron chi connectivity index (χ0n) is 11.2. The van der Waals surface area contributed by atoms with E-state index in [0.29, 0.717) is 12.1 Å². The molecule has 1 atom stereocenters. The summed E-state index contributed by atoms with van der Waals surface area (Å²) in [5.41, 5.74) is 0.671. The molecule has 1 unspecified atom stereocenters. The molecule has 0 aliphatic heterocycles. The molecule has 1 amide bonds. The van der Waals surface area contributed by atoms with E-state index >= 15 is 0 Å². The van der Waals surface area contributed by atoms with Crippen LogP contribution in [0.4, 0.5) is 0 Å². The van der Waals surface area contributed by atoms with Gasteiger partial charge in [0.1, 0.15) is 5.75 Å². The number of carboxylic acid groups (broad SMARTS) is 1. The predicted molar refractivity (Wildman–Crippen MR) is 70.6 cm³/mol. The van der Waals surface area contributed by atoms with E-state index < -0.39 is 5.97 Å².